The average Bonchev–Trinajstić information content (AvgIpc) is 2.06. The molecule has 0 aliphatic rings. The van der Waals surface area contributed by atoms with E-state index < -0.39 is 0 Å². The standard InChI is InChI=1S/C8H7ClOS/c9-6-8(10)11-7-4-2-1-3-5-7/h1-5H,6H2. The topological polar surface area (TPSA) is 17.1 Å². The predicted octanol–water partition coefficient (Wildman–Crippen LogP) is 2.54. The van der Waals surface area contributed by atoms with Gasteiger partial charge in [0.25, 0.3) is 0 Å². The summed E-state index contributed by atoms with van der Waals surface area (Å²) in [5.41, 5.74) is 0. The Hall–Kier alpha value is -0.470. The molecule has 0 spiro atoms. The van der Waals surface area contributed by atoms with Crippen LogP contribution in [0.5, 0.6) is 0 Å². The second-order valence-electron chi connectivity index (χ2n) is 1.92. The van der Waals surface area contributed by atoms with Gasteiger partial charge < -0.3 is 0 Å². The van der Waals surface area contributed by atoms with E-state index in [0.29, 0.717) is 0 Å². The predicted molar refractivity (Wildman–Crippen MR) is 48.0 cm³/mol. The Balaban J connectivity index is 2.58. The molecule has 0 radical (unpaired) electrons. The van der Waals surface area contributed by atoms with Crippen LogP contribution in [-0.4, -0.2) is 11.0 Å². The van der Waals surface area contributed by atoms with Crippen molar-refractivity contribution in [1.29, 1.82) is 0 Å². The minimum atomic E-state index is -0.0159. The summed E-state index contributed by atoms with van der Waals surface area (Å²) < 4.78 is 0. The van der Waals surface area contributed by atoms with Crippen LogP contribution in [0.1, 0.15) is 0 Å². The van der Waals surface area contributed by atoms with Gasteiger partial charge in [0.2, 0.25) is 5.12 Å². The van der Waals surface area contributed by atoms with Crippen LogP contribution < -0.4 is 0 Å². The molecule has 11 heavy (non-hydrogen) atoms. The van der Waals surface area contributed by atoms with Crippen LogP contribution in [-0.2, 0) is 4.79 Å². The van der Waals surface area contributed by atoms with Crippen LogP contribution in [0.25, 0.3) is 0 Å². The zero-order valence-corrected chi connectivity index (χ0v) is 7.36. The number of alkyl halides is 1. The highest BCUT2D eigenvalue weighted by atomic mass is 35.5. The van der Waals surface area contributed by atoms with E-state index in [2.05, 4.69) is 0 Å². The van der Waals surface area contributed by atoms with Crippen molar-refractivity contribution in [2.45, 2.75) is 4.90 Å². The summed E-state index contributed by atoms with van der Waals surface area (Å²) in [5.74, 6) is 0.0690. The zero-order valence-electron chi connectivity index (χ0n) is 5.79. The van der Waals surface area contributed by atoms with Gasteiger partial charge in [0.15, 0.2) is 0 Å². The number of thioether (sulfide) groups is 1. The molecule has 0 unspecified atom stereocenters. The Morgan fingerprint density at radius 2 is 2.00 bits per heavy atom. The van der Waals surface area contributed by atoms with Gasteiger partial charge in [0.05, 0.1) is 5.88 Å². The molecule has 0 aliphatic heterocycles. The number of benzene rings is 1. The van der Waals surface area contributed by atoms with Gasteiger partial charge in [-0.2, -0.15) is 0 Å². The van der Waals surface area contributed by atoms with E-state index in [1.165, 1.54) is 11.8 Å². The number of halogens is 1. The Kier molecular flexibility index (Phi) is 3.46. The summed E-state index contributed by atoms with van der Waals surface area (Å²) in [6.45, 7) is 0. The number of hydrogen-bond acceptors (Lipinski definition) is 2. The lowest BCUT2D eigenvalue weighted by atomic mass is 10.4. The maximum atomic E-state index is 10.8. The van der Waals surface area contributed by atoms with Crippen LogP contribution in [0.2, 0.25) is 0 Å². The maximum Gasteiger partial charge on any atom is 0.208 e. The highest BCUT2D eigenvalue weighted by molar-refractivity contribution is 8.13. The third-order valence-corrected chi connectivity index (χ3v) is 2.37. The van der Waals surface area contributed by atoms with Crippen molar-refractivity contribution in [3.8, 4) is 0 Å². The molecule has 0 saturated heterocycles. The molecular weight excluding hydrogens is 180 g/mol. The van der Waals surface area contributed by atoms with Gasteiger partial charge >= 0.3 is 0 Å². The Morgan fingerprint density at radius 3 is 2.55 bits per heavy atom. The summed E-state index contributed by atoms with van der Waals surface area (Å²) in [4.78, 5) is 11.8. The van der Waals surface area contributed by atoms with Crippen molar-refractivity contribution >= 4 is 28.5 Å². The lowest BCUT2D eigenvalue weighted by Crippen LogP contribution is -1.90. The molecule has 0 heterocycles. The van der Waals surface area contributed by atoms with E-state index in [-0.39, 0.29) is 11.0 Å². The highest BCUT2D eigenvalue weighted by Gasteiger charge is 2.00. The van der Waals surface area contributed by atoms with E-state index in [0.717, 1.165) is 4.90 Å². The van der Waals surface area contributed by atoms with Crippen LogP contribution in [0.15, 0.2) is 35.2 Å². The second kappa shape index (κ2) is 4.42. The number of carbonyl (C=O) groups excluding carboxylic acids is 1. The van der Waals surface area contributed by atoms with E-state index >= 15 is 0 Å². The molecule has 0 bridgehead atoms. The van der Waals surface area contributed by atoms with Crippen LogP contribution in [0, 0.1) is 0 Å². The summed E-state index contributed by atoms with van der Waals surface area (Å²) in [6.07, 6.45) is 0. The van der Waals surface area contributed by atoms with Crippen molar-refractivity contribution in [1.82, 2.24) is 0 Å². The van der Waals surface area contributed by atoms with E-state index in [1.807, 2.05) is 30.3 Å². The van der Waals surface area contributed by atoms with Gasteiger partial charge in [-0.3, -0.25) is 4.79 Å². The second-order valence-corrected chi connectivity index (χ2v) is 3.32. The molecule has 0 atom stereocenters. The van der Waals surface area contributed by atoms with Gasteiger partial charge in [-0.05, 0) is 12.1 Å². The third kappa shape index (κ3) is 2.95. The zero-order chi connectivity index (χ0) is 8.10. The molecule has 0 aliphatic carbocycles. The third-order valence-electron chi connectivity index (χ3n) is 1.08. The van der Waals surface area contributed by atoms with E-state index in [9.17, 15) is 4.79 Å². The summed E-state index contributed by atoms with van der Waals surface area (Å²) in [6, 6.07) is 9.47. The van der Waals surface area contributed by atoms with Crippen molar-refractivity contribution in [2.75, 3.05) is 5.88 Å². The first kappa shape index (κ1) is 8.62. The number of hydrogen-bond donors (Lipinski definition) is 0. The first-order chi connectivity index (χ1) is 5.33. The van der Waals surface area contributed by atoms with Gasteiger partial charge in [0.1, 0.15) is 0 Å². The first-order valence-corrected chi connectivity index (χ1v) is 4.49. The van der Waals surface area contributed by atoms with Gasteiger partial charge in [0, 0.05) is 4.90 Å². The van der Waals surface area contributed by atoms with E-state index in [4.69, 9.17) is 11.6 Å². The van der Waals surface area contributed by atoms with E-state index in [1.54, 1.807) is 0 Å². The van der Waals surface area contributed by atoms with Crippen molar-refractivity contribution in [3.63, 3.8) is 0 Å². The van der Waals surface area contributed by atoms with Gasteiger partial charge in [-0.15, -0.1) is 11.6 Å². The molecule has 58 valence electrons. The summed E-state index contributed by atoms with van der Waals surface area (Å²) in [7, 11) is 0. The molecule has 1 rings (SSSR count). The molecule has 0 amide bonds. The molecule has 3 heteroatoms. The maximum absolute atomic E-state index is 10.8. The fourth-order valence-corrected chi connectivity index (χ4v) is 1.42. The van der Waals surface area contributed by atoms with Crippen LogP contribution in [0.3, 0.4) is 0 Å². The summed E-state index contributed by atoms with van der Waals surface area (Å²) >= 11 is 6.50. The first-order valence-electron chi connectivity index (χ1n) is 3.14. The molecule has 1 nitrogen and oxygen atoms in total. The smallest absolute Gasteiger partial charge is 0.208 e. The van der Waals surface area contributed by atoms with Crippen LogP contribution >= 0.6 is 23.4 Å². The molecule has 0 N–H and O–H groups in total. The van der Waals surface area contributed by atoms with Crippen molar-refractivity contribution in [2.24, 2.45) is 0 Å². The minimum Gasteiger partial charge on any atom is -0.285 e. The van der Waals surface area contributed by atoms with Gasteiger partial charge in [-0.25, -0.2) is 0 Å². The lowest BCUT2D eigenvalue weighted by molar-refractivity contribution is -0.108. The molecule has 0 aromatic heterocycles. The molecule has 0 saturated carbocycles. The van der Waals surface area contributed by atoms with Crippen molar-refractivity contribution in [3.05, 3.63) is 30.3 Å². The fraction of sp³-hybridized carbons (Fsp3) is 0.125. The van der Waals surface area contributed by atoms with Crippen molar-refractivity contribution < 1.29 is 4.79 Å². The molecule has 1 aromatic carbocycles. The molecular formula is C8H7ClOS. The quantitative estimate of drug-likeness (QED) is 0.522. The summed E-state index contributed by atoms with van der Waals surface area (Å²) in [5, 5.41) is -0.0159. The van der Waals surface area contributed by atoms with Gasteiger partial charge in [-0.1, -0.05) is 30.0 Å². The molecule has 0 fully saturated rings. The Labute approximate surface area is 74.7 Å². The fourth-order valence-electron chi connectivity index (χ4n) is 0.647. The normalized spacial score (nSPS) is 9.55. The lowest BCUT2D eigenvalue weighted by Gasteiger charge is -1.94. The Morgan fingerprint density at radius 1 is 1.36 bits per heavy atom. The highest BCUT2D eigenvalue weighted by Crippen LogP contribution is 2.17. The number of carbonyl (C=O) groups is 1. The monoisotopic (exact) mass is 186 g/mol. The average molecular weight is 187 g/mol. The SMILES string of the molecule is O=C(CCl)Sc1ccccc1. The Bertz CT molecular complexity index is 235. The largest absolute Gasteiger partial charge is 0.285 e. The molecule has 1 aromatic rings. The minimum absolute atomic E-state index is 0.0159. The van der Waals surface area contributed by atoms with Crippen LogP contribution in [0.4, 0.5) is 0 Å². The number of rotatable bonds is 2.